The van der Waals surface area contributed by atoms with E-state index in [1.807, 2.05) is 30.1 Å². The third-order valence-corrected chi connectivity index (χ3v) is 2.24. The number of rotatable bonds is 5. The van der Waals surface area contributed by atoms with Crippen molar-refractivity contribution in [3.8, 4) is 5.75 Å². The number of aromatic hydroxyl groups is 1. The zero-order valence-electron chi connectivity index (χ0n) is 8.48. The highest BCUT2D eigenvalue weighted by Crippen LogP contribution is 2.15. The summed E-state index contributed by atoms with van der Waals surface area (Å²) in [6, 6.07) is 7.35. The van der Waals surface area contributed by atoms with Gasteiger partial charge in [0.15, 0.2) is 0 Å². The minimum Gasteiger partial charge on any atom is -0.508 e. The molecule has 78 valence electrons. The minimum atomic E-state index is 0.178. The van der Waals surface area contributed by atoms with Gasteiger partial charge in [-0.1, -0.05) is 18.2 Å². The number of phenols is 1. The standard InChI is InChI=1S/C11H17NO2/c1-12(8-9-13)7-6-10-4-2-3-5-11(10)14/h2-5,13-14H,6-9H2,1H3. The zero-order chi connectivity index (χ0) is 10.4. The fourth-order valence-corrected chi connectivity index (χ4v) is 1.32. The molecule has 0 saturated heterocycles. The van der Waals surface area contributed by atoms with Crippen molar-refractivity contribution in [1.82, 2.24) is 4.90 Å². The van der Waals surface area contributed by atoms with Crippen LogP contribution in [0.15, 0.2) is 24.3 Å². The Labute approximate surface area is 84.6 Å². The van der Waals surface area contributed by atoms with Gasteiger partial charge in [0.2, 0.25) is 0 Å². The molecule has 0 amide bonds. The number of likely N-dealkylation sites (N-methyl/N-ethyl adjacent to an activating group) is 1. The van der Waals surface area contributed by atoms with Crippen LogP contribution < -0.4 is 0 Å². The van der Waals surface area contributed by atoms with Crippen molar-refractivity contribution in [3.63, 3.8) is 0 Å². The Morgan fingerprint density at radius 2 is 1.93 bits per heavy atom. The third-order valence-electron chi connectivity index (χ3n) is 2.24. The molecule has 14 heavy (non-hydrogen) atoms. The predicted molar refractivity (Wildman–Crippen MR) is 56.4 cm³/mol. The first-order valence-corrected chi connectivity index (χ1v) is 4.80. The van der Waals surface area contributed by atoms with Crippen molar-refractivity contribution in [3.05, 3.63) is 29.8 Å². The SMILES string of the molecule is CN(CCO)CCc1ccccc1O. The van der Waals surface area contributed by atoms with Gasteiger partial charge >= 0.3 is 0 Å². The summed E-state index contributed by atoms with van der Waals surface area (Å²) in [5, 5.41) is 18.2. The molecule has 3 heteroatoms. The van der Waals surface area contributed by atoms with Gasteiger partial charge in [-0.05, 0) is 25.1 Å². The molecule has 0 aliphatic heterocycles. The molecule has 0 aromatic heterocycles. The van der Waals surface area contributed by atoms with Gasteiger partial charge in [0.05, 0.1) is 6.61 Å². The van der Waals surface area contributed by atoms with Crippen LogP contribution in [0.4, 0.5) is 0 Å². The number of phenolic OH excluding ortho intramolecular Hbond substituents is 1. The summed E-state index contributed by atoms with van der Waals surface area (Å²) in [6.45, 7) is 1.70. The highest BCUT2D eigenvalue weighted by atomic mass is 16.3. The summed E-state index contributed by atoms with van der Waals surface area (Å²) in [6.07, 6.45) is 0.809. The Morgan fingerprint density at radius 1 is 1.21 bits per heavy atom. The molecule has 0 atom stereocenters. The van der Waals surface area contributed by atoms with E-state index in [0.717, 1.165) is 18.5 Å². The summed E-state index contributed by atoms with van der Waals surface area (Å²) in [4.78, 5) is 2.03. The van der Waals surface area contributed by atoms with Crippen molar-refractivity contribution in [2.45, 2.75) is 6.42 Å². The first-order valence-electron chi connectivity index (χ1n) is 4.80. The second-order valence-electron chi connectivity index (χ2n) is 3.41. The molecular weight excluding hydrogens is 178 g/mol. The molecule has 0 heterocycles. The molecule has 0 bridgehead atoms. The van der Waals surface area contributed by atoms with E-state index in [1.54, 1.807) is 6.07 Å². The van der Waals surface area contributed by atoms with Gasteiger partial charge in [-0.2, -0.15) is 0 Å². The normalized spacial score (nSPS) is 10.8. The Hall–Kier alpha value is -1.06. The summed E-state index contributed by atoms with van der Waals surface area (Å²) in [5.41, 5.74) is 0.956. The predicted octanol–water partition coefficient (Wildman–Crippen LogP) is 0.859. The summed E-state index contributed by atoms with van der Waals surface area (Å²) >= 11 is 0. The molecule has 0 aliphatic carbocycles. The quantitative estimate of drug-likeness (QED) is 0.732. The minimum absolute atomic E-state index is 0.178. The van der Waals surface area contributed by atoms with Crippen LogP contribution in [0, 0.1) is 0 Å². The number of hydrogen-bond donors (Lipinski definition) is 2. The Morgan fingerprint density at radius 3 is 2.57 bits per heavy atom. The molecule has 1 aromatic carbocycles. The van der Waals surface area contributed by atoms with Crippen LogP contribution in [0.2, 0.25) is 0 Å². The van der Waals surface area contributed by atoms with Crippen LogP contribution in [-0.4, -0.2) is 41.9 Å². The zero-order valence-corrected chi connectivity index (χ0v) is 8.48. The first kappa shape index (κ1) is 11.0. The van der Waals surface area contributed by atoms with E-state index in [4.69, 9.17) is 5.11 Å². The highest BCUT2D eigenvalue weighted by Gasteiger charge is 2.01. The van der Waals surface area contributed by atoms with Gasteiger partial charge in [-0.3, -0.25) is 0 Å². The van der Waals surface area contributed by atoms with Crippen molar-refractivity contribution >= 4 is 0 Å². The largest absolute Gasteiger partial charge is 0.508 e. The summed E-state index contributed by atoms with van der Waals surface area (Å²) in [5.74, 6) is 0.352. The number of nitrogens with zero attached hydrogens (tertiary/aromatic N) is 1. The number of benzene rings is 1. The van der Waals surface area contributed by atoms with Gasteiger partial charge in [-0.15, -0.1) is 0 Å². The first-order chi connectivity index (χ1) is 6.74. The smallest absolute Gasteiger partial charge is 0.118 e. The van der Waals surface area contributed by atoms with Crippen LogP contribution in [0.1, 0.15) is 5.56 Å². The van der Waals surface area contributed by atoms with Gasteiger partial charge in [-0.25, -0.2) is 0 Å². The van der Waals surface area contributed by atoms with Crippen molar-refractivity contribution in [2.24, 2.45) is 0 Å². The van der Waals surface area contributed by atoms with E-state index in [9.17, 15) is 5.11 Å². The van der Waals surface area contributed by atoms with Crippen LogP contribution in [-0.2, 0) is 6.42 Å². The second-order valence-corrected chi connectivity index (χ2v) is 3.41. The highest BCUT2D eigenvalue weighted by molar-refractivity contribution is 5.31. The lowest BCUT2D eigenvalue weighted by Gasteiger charge is -2.14. The van der Waals surface area contributed by atoms with Gasteiger partial charge < -0.3 is 15.1 Å². The van der Waals surface area contributed by atoms with E-state index in [1.165, 1.54) is 0 Å². The number of para-hydroxylation sites is 1. The fraction of sp³-hybridized carbons (Fsp3) is 0.455. The maximum atomic E-state index is 9.49. The Kier molecular flexibility index (Phi) is 4.43. The number of aliphatic hydroxyl groups is 1. The average Bonchev–Trinajstić information content (AvgIpc) is 2.17. The lowest BCUT2D eigenvalue weighted by molar-refractivity contribution is 0.222. The summed E-state index contributed by atoms with van der Waals surface area (Å²) < 4.78 is 0. The molecule has 1 rings (SSSR count). The van der Waals surface area contributed by atoms with Crippen LogP contribution in [0.3, 0.4) is 0 Å². The monoisotopic (exact) mass is 195 g/mol. The van der Waals surface area contributed by atoms with E-state index in [2.05, 4.69) is 0 Å². The Balaban J connectivity index is 2.41. The number of hydrogen-bond acceptors (Lipinski definition) is 3. The maximum absolute atomic E-state index is 9.49. The lowest BCUT2D eigenvalue weighted by Crippen LogP contribution is -2.24. The van der Waals surface area contributed by atoms with Crippen LogP contribution >= 0.6 is 0 Å². The van der Waals surface area contributed by atoms with Crippen molar-refractivity contribution < 1.29 is 10.2 Å². The maximum Gasteiger partial charge on any atom is 0.118 e. The fourth-order valence-electron chi connectivity index (χ4n) is 1.32. The van der Waals surface area contributed by atoms with Gasteiger partial charge in [0, 0.05) is 13.1 Å². The number of aliphatic hydroxyl groups excluding tert-OH is 1. The molecule has 2 N–H and O–H groups in total. The molecule has 0 radical (unpaired) electrons. The Bertz CT molecular complexity index is 276. The molecule has 3 nitrogen and oxygen atoms in total. The topological polar surface area (TPSA) is 43.7 Å². The van der Waals surface area contributed by atoms with E-state index >= 15 is 0 Å². The van der Waals surface area contributed by atoms with Gasteiger partial charge in [0.1, 0.15) is 5.75 Å². The van der Waals surface area contributed by atoms with Crippen LogP contribution in [0.25, 0.3) is 0 Å². The summed E-state index contributed by atoms with van der Waals surface area (Å²) in [7, 11) is 1.95. The molecule has 1 aromatic rings. The van der Waals surface area contributed by atoms with E-state index in [-0.39, 0.29) is 6.61 Å². The molecule has 0 aliphatic rings. The van der Waals surface area contributed by atoms with Crippen LogP contribution in [0.5, 0.6) is 5.75 Å². The lowest BCUT2D eigenvalue weighted by atomic mass is 10.1. The average molecular weight is 195 g/mol. The van der Waals surface area contributed by atoms with Crippen molar-refractivity contribution in [2.75, 3.05) is 26.7 Å². The van der Waals surface area contributed by atoms with E-state index in [0.29, 0.717) is 12.3 Å². The molecule has 0 saturated carbocycles. The molecule has 0 unspecified atom stereocenters. The molecule has 0 fully saturated rings. The molecular formula is C11H17NO2. The second kappa shape index (κ2) is 5.62. The van der Waals surface area contributed by atoms with Gasteiger partial charge in [0.25, 0.3) is 0 Å². The van der Waals surface area contributed by atoms with Crippen molar-refractivity contribution in [1.29, 1.82) is 0 Å². The third kappa shape index (κ3) is 3.36. The molecule has 0 spiro atoms. The van der Waals surface area contributed by atoms with E-state index < -0.39 is 0 Å².